The van der Waals surface area contributed by atoms with Gasteiger partial charge < -0.3 is 9.84 Å². The highest BCUT2D eigenvalue weighted by Gasteiger charge is 1.99. The number of carboxylic acids is 1. The van der Waals surface area contributed by atoms with Gasteiger partial charge in [-0.2, -0.15) is 0 Å². The van der Waals surface area contributed by atoms with Crippen LogP contribution in [0.3, 0.4) is 0 Å². The topological polar surface area (TPSA) is 63.6 Å². The van der Waals surface area contributed by atoms with Crippen LogP contribution in [0.2, 0.25) is 0 Å². The van der Waals surface area contributed by atoms with Gasteiger partial charge in [0.25, 0.3) is 0 Å². The van der Waals surface area contributed by atoms with Gasteiger partial charge >= 0.3 is 11.9 Å². The minimum atomic E-state index is -0.671. The van der Waals surface area contributed by atoms with Gasteiger partial charge in [0.1, 0.15) is 0 Å². The Hall–Kier alpha value is -1.58. The summed E-state index contributed by atoms with van der Waals surface area (Å²) in [6, 6.07) is 0. The first-order valence-corrected chi connectivity index (χ1v) is 14.7. The molecular formula is C31H58O4. The summed E-state index contributed by atoms with van der Waals surface area (Å²) in [5.41, 5.74) is 0. The summed E-state index contributed by atoms with van der Waals surface area (Å²) in [6.07, 6.45) is 34.4. The van der Waals surface area contributed by atoms with Gasteiger partial charge in [0.05, 0.1) is 7.11 Å². The van der Waals surface area contributed by atoms with Gasteiger partial charge in [-0.3, -0.25) is 9.59 Å². The molecule has 0 rings (SSSR count). The Morgan fingerprint density at radius 3 is 1.46 bits per heavy atom. The van der Waals surface area contributed by atoms with E-state index in [0.29, 0.717) is 12.8 Å². The number of ether oxygens (including phenoxy) is 1. The third-order valence-corrected chi connectivity index (χ3v) is 6.05. The first kappa shape index (κ1) is 35.6. The maximum atomic E-state index is 10.8. The van der Waals surface area contributed by atoms with Gasteiger partial charge in [0.2, 0.25) is 0 Å². The van der Waals surface area contributed by atoms with Crippen LogP contribution < -0.4 is 0 Å². The Labute approximate surface area is 218 Å². The minimum Gasteiger partial charge on any atom is -0.481 e. The lowest BCUT2D eigenvalue weighted by atomic mass is 10.1. The maximum absolute atomic E-state index is 10.8. The zero-order valence-electron chi connectivity index (χ0n) is 23.5. The Bertz CT molecular complexity index is 496. The standard InChI is InChI=1S/C18H32O2.C13H26O2/c1-2-3-4-5-6-7-8-9-10-11-12-13-14-15-16-17-18(19)20;1-3-4-5-6-7-8-9-10-11-12-13(14)15-2/h6-7,9-10H,2-5,8,11-17H2,1H3,(H,19,20);3-12H2,1-2H3/b7-6-,10-9-;. The molecule has 1 N–H and O–H groups in total. The van der Waals surface area contributed by atoms with Crippen molar-refractivity contribution in [2.24, 2.45) is 0 Å². The molecule has 0 aromatic heterocycles. The van der Waals surface area contributed by atoms with Crippen LogP contribution in [0.1, 0.15) is 155 Å². The number of aliphatic carboxylic acids is 1. The normalized spacial score (nSPS) is 11.1. The molecule has 206 valence electrons. The van der Waals surface area contributed by atoms with Crippen LogP contribution >= 0.6 is 0 Å². The smallest absolute Gasteiger partial charge is 0.305 e. The molecule has 0 saturated heterocycles. The van der Waals surface area contributed by atoms with Crippen LogP contribution in [0.5, 0.6) is 0 Å². The van der Waals surface area contributed by atoms with E-state index in [-0.39, 0.29) is 5.97 Å². The van der Waals surface area contributed by atoms with E-state index in [1.807, 2.05) is 0 Å². The summed E-state index contributed by atoms with van der Waals surface area (Å²) in [7, 11) is 1.45. The molecule has 4 heteroatoms. The monoisotopic (exact) mass is 494 g/mol. The van der Waals surface area contributed by atoms with Crippen LogP contribution in [0.15, 0.2) is 24.3 Å². The molecule has 0 radical (unpaired) electrons. The van der Waals surface area contributed by atoms with Crippen molar-refractivity contribution in [3.05, 3.63) is 24.3 Å². The molecule has 4 nitrogen and oxygen atoms in total. The molecule has 0 atom stereocenters. The molecule has 35 heavy (non-hydrogen) atoms. The van der Waals surface area contributed by atoms with Crippen LogP contribution in [0.4, 0.5) is 0 Å². The molecule has 0 aromatic carbocycles. The third-order valence-electron chi connectivity index (χ3n) is 6.05. The zero-order chi connectivity index (χ0) is 26.2. The molecular weight excluding hydrogens is 436 g/mol. The number of unbranched alkanes of at least 4 members (excludes halogenated alkanes) is 16. The van der Waals surface area contributed by atoms with Crippen molar-refractivity contribution < 1.29 is 19.4 Å². The quantitative estimate of drug-likeness (QED) is 0.0823. The van der Waals surface area contributed by atoms with Gasteiger partial charge in [0, 0.05) is 12.8 Å². The molecule has 0 spiro atoms. The number of esters is 1. The van der Waals surface area contributed by atoms with E-state index in [9.17, 15) is 9.59 Å². The molecule has 0 fully saturated rings. The number of carbonyl (C=O) groups excluding carboxylic acids is 1. The van der Waals surface area contributed by atoms with E-state index in [1.54, 1.807) is 0 Å². The summed E-state index contributed by atoms with van der Waals surface area (Å²) in [5.74, 6) is -0.742. The van der Waals surface area contributed by atoms with Gasteiger partial charge in [-0.1, -0.05) is 122 Å². The first-order chi connectivity index (χ1) is 17.1. The molecule has 0 bridgehead atoms. The van der Waals surface area contributed by atoms with Crippen LogP contribution in [0.25, 0.3) is 0 Å². The molecule has 0 aliphatic heterocycles. The average Bonchev–Trinajstić information content (AvgIpc) is 2.85. The lowest BCUT2D eigenvalue weighted by Gasteiger charge is -2.01. The number of hydrogen-bond donors (Lipinski definition) is 1. The highest BCUT2D eigenvalue weighted by atomic mass is 16.5. The second kappa shape index (κ2) is 32.4. The van der Waals surface area contributed by atoms with E-state index in [2.05, 4.69) is 42.9 Å². The Kier molecular flexibility index (Phi) is 33.0. The van der Waals surface area contributed by atoms with Crippen molar-refractivity contribution in [2.75, 3.05) is 7.11 Å². The van der Waals surface area contributed by atoms with E-state index >= 15 is 0 Å². The second-order valence-electron chi connectivity index (χ2n) is 9.53. The van der Waals surface area contributed by atoms with Gasteiger partial charge in [-0.15, -0.1) is 0 Å². The molecule has 0 saturated carbocycles. The van der Waals surface area contributed by atoms with Crippen LogP contribution in [-0.2, 0) is 14.3 Å². The lowest BCUT2D eigenvalue weighted by Crippen LogP contribution is -1.99. The fourth-order valence-electron chi connectivity index (χ4n) is 3.77. The summed E-state index contributed by atoms with van der Waals surface area (Å²) in [5, 5.41) is 8.50. The molecule has 0 aromatic rings. The third kappa shape index (κ3) is 37.1. The highest BCUT2D eigenvalue weighted by Crippen LogP contribution is 2.11. The number of carbonyl (C=O) groups is 2. The fourth-order valence-corrected chi connectivity index (χ4v) is 3.77. The van der Waals surface area contributed by atoms with Crippen molar-refractivity contribution in [2.45, 2.75) is 155 Å². The number of methoxy groups -OCH3 is 1. The van der Waals surface area contributed by atoms with Gasteiger partial charge in [-0.25, -0.2) is 0 Å². The summed E-state index contributed by atoms with van der Waals surface area (Å²) >= 11 is 0. The number of rotatable bonds is 24. The van der Waals surface area contributed by atoms with Gasteiger partial charge in [-0.05, 0) is 44.9 Å². The SMILES string of the molecule is CCCCC/C=C\C/C=C\CCCCCCCC(=O)O.CCCCCCCCCCCC(=O)OC. The predicted octanol–water partition coefficient (Wildman–Crippen LogP) is 9.96. The maximum Gasteiger partial charge on any atom is 0.305 e. The van der Waals surface area contributed by atoms with Crippen molar-refractivity contribution in [3.8, 4) is 0 Å². The Morgan fingerprint density at radius 1 is 0.571 bits per heavy atom. The van der Waals surface area contributed by atoms with Crippen LogP contribution in [-0.4, -0.2) is 24.2 Å². The summed E-state index contributed by atoms with van der Waals surface area (Å²) in [6.45, 7) is 4.48. The Balaban J connectivity index is 0. The number of allylic oxidation sites excluding steroid dienone is 4. The average molecular weight is 495 g/mol. The summed E-state index contributed by atoms with van der Waals surface area (Å²) < 4.78 is 4.58. The predicted molar refractivity (Wildman–Crippen MR) is 151 cm³/mol. The van der Waals surface area contributed by atoms with E-state index in [1.165, 1.54) is 103 Å². The van der Waals surface area contributed by atoms with E-state index < -0.39 is 5.97 Å². The lowest BCUT2D eigenvalue weighted by molar-refractivity contribution is -0.141. The van der Waals surface area contributed by atoms with Crippen molar-refractivity contribution in [3.63, 3.8) is 0 Å². The van der Waals surface area contributed by atoms with Crippen LogP contribution in [0, 0.1) is 0 Å². The summed E-state index contributed by atoms with van der Waals surface area (Å²) in [4.78, 5) is 21.1. The fraction of sp³-hybridized carbons (Fsp3) is 0.806. The zero-order valence-corrected chi connectivity index (χ0v) is 23.5. The minimum absolute atomic E-state index is 0.0713. The van der Waals surface area contributed by atoms with Crippen molar-refractivity contribution >= 4 is 11.9 Å². The first-order valence-electron chi connectivity index (χ1n) is 14.7. The van der Waals surface area contributed by atoms with Crippen molar-refractivity contribution in [1.29, 1.82) is 0 Å². The molecule has 0 heterocycles. The number of hydrogen-bond acceptors (Lipinski definition) is 3. The highest BCUT2D eigenvalue weighted by molar-refractivity contribution is 5.69. The van der Waals surface area contributed by atoms with E-state index in [0.717, 1.165) is 32.1 Å². The molecule has 0 aliphatic rings. The Morgan fingerprint density at radius 2 is 0.971 bits per heavy atom. The second-order valence-corrected chi connectivity index (χ2v) is 9.53. The van der Waals surface area contributed by atoms with Crippen molar-refractivity contribution in [1.82, 2.24) is 0 Å². The van der Waals surface area contributed by atoms with E-state index in [4.69, 9.17) is 5.11 Å². The molecule has 0 aliphatic carbocycles. The number of carboxylic acid groups (broad SMARTS) is 1. The molecule has 0 amide bonds. The molecule has 0 unspecified atom stereocenters. The van der Waals surface area contributed by atoms with Gasteiger partial charge in [0.15, 0.2) is 0 Å². The largest absolute Gasteiger partial charge is 0.481 e.